The minimum atomic E-state index is -0.453. The van der Waals surface area contributed by atoms with E-state index in [0.717, 1.165) is 26.1 Å². The lowest BCUT2D eigenvalue weighted by molar-refractivity contribution is 0.513. The van der Waals surface area contributed by atoms with Crippen LogP contribution in [-0.2, 0) is 0 Å². The molecule has 1 saturated heterocycles. The molecule has 1 saturated carbocycles. The highest BCUT2D eigenvalue weighted by Crippen LogP contribution is 2.29. The van der Waals surface area contributed by atoms with Crippen molar-refractivity contribution in [2.24, 2.45) is 5.92 Å². The summed E-state index contributed by atoms with van der Waals surface area (Å²) in [5, 5.41) is 3.49. The Bertz CT molecular complexity index is 412. The molecule has 4 heteroatoms. The number of hydrogen-bond acceptors (Lipinski definition) is 2. The van der Waals surface area contributed by atoms with E-state index in [9.17, 15) is 8.78 Å². The van der Waals surface area contributed by atoms with Crippen molar-refractivity contribution in [2.45, 2.75) is 25.3 Å². The third kappa shape index (κ3) is 2.48. The van der Waals surface area contributed by atoms with E-state index in [1.165, 1.54) is 31.0 Å². The number of anilines is 1. The normalized spacial score (nSPS) is 23.7. The minimum absolute atomic E-state index is 0.145. The van der Waals surface area contributed by atoms with Crippen LogP contribution in [0, 0.1) is 17.6 Å². The van der Waals surface area contributed by atoms with Crippen molar-refractivity contribution in [3.63, 3.8) is 0 Å². The molecule has 0 aromatic heterocycles. The summed E-state index contributed by atoms with van der Waals surface area (Å²) in [6.07, 6.45) is 3.56. The van der Waals surface area contributed by atoms with E-state index >= 15 is 0 Å². The fourth-order valence-corrected chi connectivity index (χ4v) is 2.61. The third-order valence-corrected chi connectivity index (χ3v) is 3.81. The predicted molar refractivity (Wildman–Crippen MR) is 67.7 cm³/mol. The van der Waals surface area contributed by atoms with Gasteiger partial charge in [0.2, 0.25) is 0 Å². The quantitative estimate of drug-likeness (QED) is 0.886. The molecule has 98 valence electrons. The van der Waals surface area contributed by atoms with Crippen LogP contribution in [0.5, 0.6) is 0 Å². The van der Waals surface area contributed by atoms with E-state index in [4.69, 9.17) is 0 Å². The molecule has 1 atom stereocenters. The summed E-state index contributed by atoms with van der Waals surface area (Å²) < 4.78 is 27.3. The summed E-state index contributed by atoms with van der Waals surface area (Å²) in [6, 6.07) is 4.77. The van der Waals surface area contributed by atoms with Crippen molar-refractivity contribution < 1.29 is 8.78 Å². The Morgan fingerprint density at radius 3 is 2.56 bits per heavy atom. The van der Waals surface area contributed by atoms with Crippen LogP contribution in [0.15, 0.2) is 18.2 Å². The molecule has 0 spiro atoms. The number of hydrogen-bond donors (Lipinski definition) is 1. The molecule has 0 radical (unpaired) electrons. The molecule has 18 heavy (non-hydrogen) atoms. The van der Waals surface area contributed by atoms with Gasteiger partial charge in [0.15, 0.2) is 0 Å². The maximum absolute atomic E-state index is 13.7. The zero-order valence-corrected chi connectivity index (χ0v) is 10.3. The summed E-state index contributed by atoms with van der Waals surface area (Å²) in [5.41, 5.74) is 0.145. The lowest BCUT2D eigenvalue weighted by Crippen LogP contribution is -2.28. The molecule has 1 aromatic carbocycles. The first-order valence-corrected chi connectivity index (χ1v) is 6.66. The number of nitrogens with one attached hydrogen (secondary N) is 1. The van der Waals surface area contributed by atoms with E-state index in [1.807, 2.05) is 4.90 Å². The number of para-hydroxylation sites is 1. The number of rotatable bonds is 4. The fraction of sp³-hybridized carbons (Fsp3) is 0.571. The average molecular weight is 252 g/mol. The summed E-state index contributed by atoms with van der Waals surface area (Å²) >= 11 is 0. The average Bonchev–Trinajstić information content (AvgIpc) is 3.06. The van der Waals surface area contributed by atoms with Gasteiger partial charge in [-0.1, -0.05) is 6.07 Å². The van der Waals surface area contributed by atoms with Crippen LogP contribution in [0.25, 0.3) is 0 Å². The molecule has 1 N–H and O–H groups in total. The van der Waals surface area contributed by atoms with E-state index in [1.54, 1.807) is 0 Å². The molecule has 2 nitrogen and oxygen atoms in total. The Hall–Kier alpha value is -1.16. The number of halogens is 2. The Kier molecular flexibility index (Phi) is 3.20. The highest BCUT2D eigenvalue weighted by atomic mass is 19.1. The van der Waals surface area contributed by atoms with Crippen molar-refractivity contribution in [3.05, 3.63) is 29.8 Å². The van der Waals surface area contributed by atoms with E-state index in [-0.39, 0.29) is 5.69 Å². The molecule has 1 heterocycles. The van der Waals surface area contributed by atoms with Gasteiger partial charge >= 0.3 is 0 Å². The van der Waals surface area contributed by atoms with Crippen molar-refractivity contribution in [3.8, 4) is 0 Å². The van der Waals surface area contributed by atoms with Gasteiger partial charge in [-0.25, -0.2) is 8.78 Å². The Morgan fingerprint density at radius 2 is 1.89 bits per heavy atom. The molecule has 3 rings (SSSR count). The zero-order chi connectivity index (χ0) is 12.5. The molecule has 0 bridgehead atoms. The van der Waals surface area contributed by atoms with Crippen LogP contribution in [0.1, 0.15) is 19.3 Å². The Balaban J connectivity index is 1.63. The topological polar surface area (TPSA) is 15.3 Å². The predicted octanol–water partition coefficient (Wildman–Crippen LogP) is 2.54. The van der Waals surface area contributed by atoms with E-state index < -0.39 is 11.6 Å². The van der Waals surface area contributed by atoms with E-state index in [2.05, 4.69) is 5.32 Å². The van der Waals surface area contributed by atoms with Gasteiger partial charge in [0.05, 0.1) is 0 Å². The van der Waals surface area contributed by atoms with Gasteiger partial charge in [-0.15, -0.1) is 0 Å². The van der Waals surface area contributed by atoms with Gasteiger partial charge in [-0.05, 0) is 43.9 Å². The van der Waals surface area contributed by atoms with Crippen molar-refractivity contribution in [2.75, 3.05) is 24.5 Å². The summed E-state index contributed by atoms with van der Waals surface area (Å²) in [6.45, 7) is 2.46. The number of benzene rings is 1. The van der Waals surface area contributed by atoms with Gasteiger partial charge in [-0.3, -0.25) is 0 Å². The molecule has 1 aliphatic heterocycles. The molecular weight excluding hydrogens is 234 g/mol. The first-order valence-electron chi connectivity index (χ1n) is 6.66. The van der Waals surface area contributed by atoms with Crippen LogP contribution in [-0.4, -0.2) is 25.7 Å². The van der Waals surface area contributed by atoms with Crippen LogP contribution in [0.2, 0.25) is 0 Å². The summed E-state index contributed by atoms with van der Waals surface area (Å²) in [7, 11) is 0. The Morgan fingerprint density at radius 1 is 1.17 bits per heavy atom. The van der Waals surface area contributed by atoms with Gasteiger partial charge in [0.25, 0.3) is 0 Å². The van der Waals surface area contributed by atoms with E-state index in [0.29, 0.717) is 12.0 Å². The standard InChI is InChI=1S/C14H18F2N2/c15-12-2-1-3-13(16)14(12)18-7-6-10(9-18)8-17-11-4-5-11/h1-3,10-11,17H,4-9H2. The fourth-order valence-electron chi connectivity index (χ4n) is 2.61. The molecule has 2 fully saturated rings. The smallest absolute Gasteiger partial charge is 0.149 e. The van der Waals surface area contributed by atoms with Crippen LogP contribution in [0.4, 0.5) is 14.5 Å². The second kappa shape index (κ2) is 4.84. The molecule has 1 aliphatic carbocycles. The van der Waals surface area contributed by atoms with Crippen LogP contribution >= 0.6 is 0 Å². The lowest BCUT2D eigenvalue weighted by atomic mass is 10.1. The summed E-state index contributed by atoms with van der Waals surface area (Å²) in [4.78, 5) is 1.84. The molecule has 1 aromatic rings. The zero-order valence-electron chi connectivity index (χ0n) is 10.3. The van der Waals surface area contributed by atoms with Gasteiger partial charge in [-0.2, -0.15) is 0 Å². The van der Waals surface area contributed by atoms with Crippen LogP contribution in [0.3, 0.4) is 0 Å². The molecule has 0 amide bonds. The van der Waals surface area contributed by atoms with Crippen LogP contribution < -0.4 is 10.2 Å². The molecular formula is C14H18F2N2. The highest BCUT2D eigenvalue weighted by molar-refractivity contribution is 5.50. The molecule has 2 aliphatic rings. The van der Waals surface area contributed by atoms with Gasteiger partial charge < -0.3 is 10.2 Å². The largest absolute Gasteiger partial charge is 0.366 e. The maximum atomic E-state index is 13.7. The number of nitrogens with zero attached hydrogens (tertiary/aromatic N) is 1. The second-order valence-electron chi connectivity index (χ2n) is 5.35. The SMILES string of the molecule is Fc1cccc(F)c1N1CCC(CNC2CC2)C1. The summed E-state index contributed by atoms with van der Waals surface area (Å²) in [5.74, 6) is -0.402. The van der Waals surface area contributed by atoms with Gasteiger partial charge in [0, 0.05) is 19.1 Å². The highest BCUT2D eigenvalue weighted by Gasteiger charge is 2.28. The maximum Gasteiger partial charge on any atom is 0.149 e. The minimum Gasteiger partial charge on any atom is -0.366 e. The monoisotopic (exact) mass is 252 g/mol. The molecule has 1 unspecified atom stereocenters. The Labute approximate surface area is 106 Å². The first kappa shape index (κ1) is 11.9. The van der Waals surface area contributed by atoms with Crippen molar-refractivity contribution in [1.82, 2.24) is 5.32 Å². The lowest BCUT2D eigenvalue weighted by Gasteiger charge is -2.20. The van der Waals surface area contributed by atoms with Gasteiger partial charge in [0.1, 0.15) is 17.3 Å². The van der Waals surface area contributed by atoms with Crippen molar-refractivity contribution >= 4 is 5.69 Å². The first-order chi connectivity index (χ1) is 8.74. The second-order valence-corrected chi connectivity index (χ2v) is 5.35. The third-order valence-electron chi connectivity index (χ3n) is 3.81. The van der Waals surface area contributed by atoms with Crippen molar-refractivity contribution in [1.29, 1.82) is 0 Å².